The molecule has 342 valence electrons. The zero-order valence-electron chi connectivity index (χ0n) is 38.9. The molecule has 0 rings (SSSR count). The summed E-state index contributed by atoms with van der Waals surface area (Å²) < 4.78 is 10.6. The SMILES string of the molecule is CC/C=C\C/C=C\C/C=C\C/C=C\C/C=C\C/C=C\C/C=C\C/C=C\CCCCCCCCCCCCC(=O)OC(CO)COC(=O)CCCCCCCCCCCCC. The number of aliphatic hydroxyl groups is 1. The molecule has 0 bridgehead atoms. The van der Waals surface area contributed by atoms with E-state index in [0.29, 0.717) is 12.8 Å². The molecule has 0 heterocycles. The van der Waals surface area contributed by atoms with E-state index in [1.54, 1.807) is 0 Å². The second-order valence-electron chi connectivity index (χ2n) is 16.2. The van der Waals surface area contributed by atoms with Gasteiger partial charge in [-0.05, 0) is 77.0 Å². The summed E-state index contributed by atoms with van der Waals surface area (Å²) in [5, 5.41) is 9.58. The number of hydrogen-bond donors (Lipinski definition) is 1. The fourth-order valence-electron chi connectivity index (χ4n) is 6.69. The first-order valence-electron chi connectivity index (χ1n) is 24.8. The van der Waals surface area contributed by atoms with Crippen LogP contribution >= 0.6 is 0 Å². The highest BCUT2D eigenvalue weighted by Gasteiger charge is 2.16. The lowest BCUT2D eigenvalue weighted by Gasteiger charge is -2.15. The second kappa shape index (κ2) is 50.2. The highest BCUT2D eigenvalue weighted by Crippen LogP contribution is 2.14. The molecule has 0 aliphatic rings. The number of unbranched alkanes of at least 4 members (excludes halogenated alkanes) is 20. The van der Waals surface area contributed by atoms with Crippen LogP contribution in [0.3, 0.4) is 0 Å². The van der Waals surface area contributed by atoms with E-state index in [-0.39, 0.29) is 25.2 Å². The van der Waals surface area contributed by atoms with Crippen molar-refractivity contribution < 1.29 is 24.2 Å². The summed E-state index contributed by atoms with van der Waals surface area (Å²) in [7, 11) is 0. The lowest BCUT2D eigenvalue weighted by atomic mass is 10.0. The van der Waals surface area contributed by atoms with Crippen LogP contribution in [0.4, 0.5) is 0 Å². The van der Waals surface area contributed by atoms with Crippen LogP contribution in [-0.2, 0) is 19.1 Å². The molecule has 1 atom stereocenters. The van der Waals surface area contributed by atoms with Gasteiger partial charge in [0.2, 0.25) is 0 Å². The molecule has 60 heavy (non-hydrogen) atoms. The molecular formula is C55H92O5. The normalized spacial score (nSPS) is 13.1. The third kappa shape index (κ3) is 47.5. The van der Waals surface area contributed by atoms with Gasteiger partial charge in [0.1, 0.15) is 6.61 Å². The molecule has 1 N–H and O–H groups in total. The Bertz CT molecular complexity index is 1170. The van der Waals surface area contributed by atoms with Gasteiger partial charge in [-0.25, -0.2) is 0 Å². The predicted octanol–water partition coefficient (Wildman–Crippen LogP) is 16.4. The van der Waals surface area contributed by atoms with Crippen molar-refractivity contribution in [3.05, 3.63) is 97.2 Å². The highest BCUT2D eigenvalue weighted by atomic mass is 16.6. The van der Waals surface area contributed by atoms with Gasteiger partial charge in [-0.2, -0.15) is 0 Å². The first-order valence-corrected chi connectivity index (χ1v) is 24.8. The topological polar surface area (TPSA) is 72.8 Å². The molecule has 0 saturated carbocycles. The molecule has 0 radical (unpaired) electrons. The summed E-state index contributed by atoms with van der Waals surface area (Å²) >= 11 is 0. The van der Waals surface area contributed by atoms with E-state index in [0.717, 1.165) is 89.9 Å². The summed E-state index contributed by atoms with van der Waals surface area (Å²) in [5.41, 5.74) is 0. The molecule has 0 aliphatic carbocycles. The molecule has 0 aliphatic heterocycles. The lowest BCUT2D eigenvalue weighted by molar-refractivity contribution is -0.161. The fraction of sp³-hybridized carbons (Fsp3) is 0.673. The van der Waals surface area contributed by atoms with Gasteiger partial charge in [-0.3, -0.25) is 9.59 Å². The zero-order chi connectivity index (χ0) is 43.5. The van der Waals surface area contributed by atoms with Gasteiger partial charge in [-0.1, -0.05) is 227 Å². The van der Waals surface area contributed by atoms with Crippen molar-refractivity contribution in [3.63, 3.8) is 0 Å². The number of carbonyl (C=O) groups is 2. The molecule has 5 nitrogen and oxygen atoms in total. The molecule has 0 aromatic heterocycles. The average molecular weight is 833 g/mol. The zero-order valence-corrected chi connectivity index (χ0v) is 38.9. The van der Waals surface area contributed by atoms with Crippen molar-refractivity contribution >= 4 is 11.9 Å². The lowest BCUT2D eigenvalue weighted by Crippen LogP contribution is -2.28. The Morgan fingerprint density at radius 1 is 0.400 bits per heavy atom. The number of hydrogen-bond acceptors (Lipinski definition) is 5. The Morgan fingerprint density at radius 3 is 1.08 bits per heavy atom. The number of esters is 2. The Hall–Kier alpha value is -3.18. The Kier molecular flexibility index (Phi) is 47.5. The summed E-state index contributed by atoms with van der Waals surface area (Å²) in [6.45, 7) is 4.01. The van der Waals surface area contributed by atoms with Crippen molar-refractivity contribution in [1.82, 2.24) is 0 Å². The molecule has 0 fully saturated rings. The van der Waals surface area contributed by atoms with Crippen LogP contribution in [0.2, 0.25) is 0 Å². The third-order valence-electron chi connectivity index (χ3n) is 10.4. The van der Waals surface area contributed by atoms with E-state index in [1.165, 1.54) is 103 Å². The quantitative estimate of drug-likeness (QED) is 0.0376. The maximum Gasteiger partial charge on any atom is 0.306 e. The van der Waals surface area contributed by atoms with Crippen LogP contribution in [0, 0.1) is 0 Å². The van der Waals surface area contributed by atoms with Gasteiger partial charge >= 0.3 is 11.9 Å². The van der Waals surface area contributed by atoms with Gasteiger partial charge < -0.3 is 14.6 Å². The summed E-state index contributed by atoms with van der Waals surface area (Å²) in [6, 6.07) is 0. The van der Waals surface area contributed by atoms with E-state index >= 15 is 0 Å². The molecule has 0 spiro atoms. The summed E-state index contributed by atoms with van der Waals surface area (Å²) in [4.78, 5) is 24.3. The van der Waals surface area contributed by atoms with E-state index in [2.05, 4.69) is 111 Å². The van der Waals surface area contributed by atoms with Crippen LogP contribution in [0.25, 0.3) is 0 Å². The Morgan fingerprint density at radius 2 is 0.717 bits per heavy atom. The predicted molar refractivity (Wildman–Crippen MR) is 260 cm³/mol. The van der Waals surface area contributed by atoms with Crippen LogP contribution in [0.5, 0.6) is 0 Å². The third-order valence-corrected chi connectivity index (χ3v) is 10.4. The average Bonchev–Trinajstić information content (AvgIpc) is 3.25. The van der Waals surface area contributed by atoms with E-state index < -0.39 is 6.10 Å². The molecule has 0 aromatic rings. The van der Waals surface area contributed by atoms with E-state index in [1.807, 2.05) is 0 Å². The van der Waals surface area contributed by atoms with Gasteiger partial charge in [0.05, 0.1) is 6.61 Å². The molecule has 5 heteroatoms. The smallest absolute Gasteiger partial charge is 0.306 e. The monoisotopic (exact) mass is 833 g/mol. The standard InChI is InChI=1S/C55H92O5/c1-3-5-7-9-11-13-15-16-17-18-19-20-21-22-23-24-25-26-27-28-29-30-31-32-33-34-35-36-37-38-40-42-44-46-48-50-55(58)60-53(51-56)52-59-54(57)49-47-45-43-41-39-14-12-10-8-6-4-2/h5,7,11,13,16-17,19-20,22-23,25-26,28-29,31-32,53,56H,3-4,6,8-10,12,14-15,18,21,24,27,30,33-52H2,1-2H3/b7-5-,13-11-,17-16-,20-19-,23-22-,26-25-,29-28-,32-31-. The molecule has 0 aromatic carbocycles. The van der Waals surface area contributed by atoms with Crippen LogP contribution < -0.4 is 0 Å². The Balaban J connectivity index is 3.56. The van der Waals surface area contributed by atoms with Crippen molar-refractivity contribution in [2.75, 3.05) is 13.2 Å². The molecule has 0 amide bonds. The van der Waals surface area contributed by atoms with Gasteiger partial charge in [0, 0.05) is 12.8 Å². The molecule has 1 unspecified atom stereocenters. The highest BCUT2D eigenvalue weighted by molar-refractivity contribution is 5.70. The van der Waals surface area contributed by atoms with Crippen LogP contribution in [-0.4, -0.2) is 36.4 Å². The van der Waals surface area contributed by atoms with E-state index in [9.17, 15) is 14.7 Å². The Labute approximate surface area is 370 Å². The summed E-state index contributed by atoms with van der Waals surface area (Å²) in [5.74, 6) is -0.598. The maximum absolute atomic E-state index is 12.2. The van der Waals surface area contributed by atoms with Crippen LogP contribution in [0.15, 0.2) is 97.2 Å². The van der Waals surface area contributed by atoms with E-state index in [4.69, 9.17) is 9.47 Å². The van der Waals surface area contributed by atoms with Crippen molar-refractivity contribution in [2.24, 2.45) is 0 Å². The number of rotatable bonds is 44. The first-order chi connectivity index (χ1) is 29.6. The molecular weight excluding hydrogens is 741 g/mol. The number of carbonyl (C=O) groups excluding carboxylic acids is 2. The number of allylic oxidation sites excluding steroid dienone is 16. The fourth-order valence-corrected chi connectivity index (χ4v) is 6.69. The van der Waals surface area contributed by atoms with Gasteiger partial charge in [-0.15, -0.1) is 0 Å². The van der Waals surface area contributed by atoms with Crippen LogP contribution in [0.1, 0.15) is 219 Å². The molecule has 0 saturated heterocycles. The minimum absolute atomic E-state index is 0.0692. The number of ether oxygens (including phenoxy) is 2. The van der Waals surface area contributed by atoms with Crippen molar-refractivity contribution in [2.45, 2.75) is 225 Å². The minimum Gasteiger partial charge on any atom is -0.462 e. The van der Waals surface area contributed by atoms with Crippen molar-refractivity contribution in [1.29, 1.82) is 0 Å². The van der Waals surface area contributed by atoms with Crippen molar-refractivity contribution in [3.8, 4) is 0 Å². The summed E-state index contributed by atoms with van der Waals surface area (Å²) in [6.07, 6.45) is 70.7. The minimum atomic E-state index is -0.776. The first kappa shape index (κ1) is 56.8. The van der Waals surface area contributed by atoms with Gasteiger partial charge in [0.15, 0.2) is 6.10 Å². The maximum atomic E-state index is 12.2. The van der Waals surface area contributed by atoms with Gasteiger partial charge in [0.25, 0.3) is 0 Å². The number of aliphatic hydroxyl groups excluding tert-OH is 1. The second-order valence-corrected chi connectivity index (χ2v) is 16.2. The largest absolute Gasteiger partial charge is 0.462 e.